The summed E-state index contributed by atoms with van der Waals surface area (Å²) in [6.45, 7) is 6.46. The normalized spacial score (nSPS) is 12.0. The van der Waals surface area contributed by atoms with E-state index in [9.17, 15) is 14.7 Å². The number of allylic oxidation sites excluding steroid dienone is 4. The van der Waals surface area contributed by atoms with Crippen LogP contribution in [0, 0.1) is 5.41 Å². The minimum atomic E-state index is -0.726. The Kier molecular flexibility index (Phi) is 34.5. The average molecular weight is 663 g/mol. The number of aliphatic hydroxyl groups is 1. The van der Waals surface area contributed by atoms with E-state index in [4.69, 9.17) is 9.47 Å². The molecule has 0 rings (SSSR count). The van der Waals surface area contributed by atoms with Crippen LogP contribution in [0.15, 0.2) is 24.3 Å². The van der Waals surface area contributed by atoms with Gasteiger partial charge in [0.25, 0.3) is 0 Å². The molecule has 0 aliphatic heterocycles. The summed E-state index contributed by atoms with van der Waals surface area (Å²) < 4.78 is 11.1. The summed E-state index contributed by atoms with van der Waals surface area (Å²) in [5.74, 6) is -0.456. The zero-order valence-corrected chi connectivity index (χ0v) is 31.5. The SMILES string of the molecule is CCCCCCCC/C=C\CCCCCCCC(=O)OCC(CC)(CO)COC(=O)CCCCCCC/C=C\CCCCCCCC. The van der Waals surface area contributed by atoms with Gasteiger partial charge in [0.15, 0.2) is 0 Å². The van der Waals surface area contributed by atoms with Crippen LogP contribution in [0.3, 0.4) is 0 Å². The Balaban J connectivity index is 3.81. The summed E-state index contributed by atoms with van der Waals surface area (Å²) in [6.07, 6.45) is 42.5. The van der Waals surface area contributed by atoms with Gasteiger partial charge in [-0.15, -0.1) is 0 Å². The average Bonchev–Trinajstić information content (AvgIpc) is 3.08. The number of hydrogen-bond donors (Lipinski definition) is 1. The van der Waals surface area contributed by atoms with Gasteiger partial charge in [0, 0.05) is 12.8 Å². The zero-order valence-electron chi connectivity index (χ0n) is 31.5. The molecule has 276 valence electrons. The number of esters is 2. The fourth-order valence-electron chi connectivity index (χ4n) is 5.74. The van der Waals surface area contributed by atoms with Gasteiger partial charge in [-0.25, -0.2) is 0 Å². The Bertz CT molecular complexity index is 681. The Morgan fingerprint density at radius 2 is 0.766 bits per heavy atom. The molecule has 0 amide bonds. The quantitative estimate of drug-likeness (QED) is 0.0410. The van der Waals surface area contributed by atoms with Crippen LogP contribution in [-0.4, -0.2) is 36.9 Å². The van der Waals surface area contributed by atoms with E-state index in [-0.39, 0.29) is 31.8 Å². The molecule has 0 unspecified atom stereocenters. The summed E-state index contributed by atoms with van der Waals surface area (Å²) >= 11 is 0. The van der Waals surface area contributed by atoms with Crippen LogP contribution in [0.4, 0.5) is 0 Å². The van der Waals surface area contributed by atoms with Crippen LogP contribution in [0.5, 0.6) is 0 Å². The number of carbonyl (C=O) groups is 2. The lowest BCUT2D eigenvalue weighted by Crippen LogP contribution is -2.37. The van der Waals surface area contributed by atoms with E-state index in [1.54, 1.807) is 0 Å². The molecule has 0 bridgehead atoms. The minimum Gasteiger partial charge on any atom is -0.465 e. The fourth-order valence-corrected chi connectivity index (χ4v) is 5.74. The number of aliphatic hydroxyl groups excluding tert-OH is 1. The summed E-state index contributed by atoms with van der Waals surface area (Å²) in [5, 5.41) is 10.0. The maximum Gasteiger partial charge on any atom is 0.305 e. The van der Waals surface area contributed by atoms with E-state index in [1.807, 2.05) is 6.92 Å². The lowest BCUT2D eigenvalue weighted by Gasteiger charge is -2.29. The van der Waals surface area contributed by atoms with Crippen LogP contribution < -0.4 is 0 Å². The first-order chi connectivity index (χ1) is 23.0. The van der Waals surface area contributed by atoms with E-state index < -0.39 is 5.41 Å². The van der Waals surface area contributed by atoms with Crippen LogP contribution >= 0.6 is 0 Å². The molecule has 0 aromatic carbocycles. The van der Waals surface area contributed by atoms with Gasteiger partial charge in [0.1, 0.15) is 13.2 Å². The first-order valence-corrected chi connectivity index (χ1v) is 20.3. The van der Waals surface area contributed by atoms with E-state index in [0.717, 1.165) is 51.4 Å². The standard InChI is InChI=1S/C42H78O5/c1-4-7-9-11-13-15-17-19-21-23-25-27-29-31-33-35-40(44)46-38-42(6-3,37-43)39-47-41(45)36-34-32-30-28-26-24-22-20-18-16-14-12-10-8-5-2/h19-22,43H,4-18,23-39H2,1-3H3/b21-19-,22-20-. The molecule has 0 aromatic rings. The third kappa shape index (κ3) is 31.4. The highest BCUT2D eigenvalue weighted by molar-refractivity contribution is 5.69. The minimum absolute atomic E-state index is 0.0879. The van der Waals surface area contributed by atoms with Gasteiger partial charge < -0.3 is 14.6 Å². The topological polar surface area (TPSA) is 72.8 Å². The molecule has 1 N–H and O–H groups in total. The highest BCUT2D eigenvalue weighted by Crippen LogP contribution is 2.23. The van der Waals surface area contributed by atoms with Crippen LogP contribution in [0.1, 0.15) is 207 Å². The van der Waals surface area contributed by atoms with E-state index in [0.29, 0.717) is 19.3 Å². The van der Waals surface area contributed by atoms with Crippen molar-refractivity contribution in [2.24, 2.45) is 5.41 Å². The van der Waals surface area contributed by atoms with Crippen molar-refractivity contribution in [3.05, 3.63) is 24.3 Å². The van der Waals surface area contributed by atoms with Gasteiger partial charge in [0.2, 0.25) is 0 Å². The fraction of sp³-hybridized carbons (Fsp3) is 0.857. The van der Waals surface area contributed by atoms with Gasteiger partial charge in [-0.1, -0.05) is 148 Å². The van der Waals surface area contributed by atoms with Crippen molar-refractivity contribution in [2.75, 3.05) is 19.8 Å². The van der Waals surface area contributed by atoms with Crippen molar-refractivity contribution in [3.63, 3.8) is 0 Å². The predicted molar refractivity (Wildman–Crippen MR) is 201 cm³/mol. The summed E-state index contributed by atoms with van der Waals surface area (Å²) in [6, 6.07) is 0. The van der Waals surface area contributed by atoms with Gasteiger partial charge in [-0.3, -0.25) is 9.59 Å². The zero-order chi connectivity index (χ0) is 34.5. The van der Waals surface area contributed by atoms with E-state index in [2.05, 4.69) is 38.2 Å². The van der Waals surface area contributed by atoms with Gasteiger partial charge in [-0.05, 0) is 70.6 Å². The molecule has 5 heteroatoms. The second-order valence-electron chi connectivity index (χ2n) is 14.0. The molecule has 0 saturated heterocycles. The predicted octanol–water partition coefficient (Wildman–Crippen LogP) is 12.5. The molecule has 0 aromatic heterocycles. The second-order valence-corrected chi connectivity index (χ2v) is 14.0. The van der Waals surface area contributed by atoms with Crippen LogP contribution in [0.25, 0.3) is 0 Å². The molecule has 0 aliphatic carbocycles. The Labute approximate surface area is 292 Å². The molecule has 47 heavy (non-hydrogen) atoms. The van der Waals surface area contributed by atoms with Crippen LogP contribution in [-0.2, 0) is 19.1 Å². The van der Waals surface area contributed by atoms with Crippen LogP contribution in [0.2, 0.25) is 0 Å². The number of unbranched alkanes of at least 4 members (excludes halogenated alkanes) is 22. The second kappa shape index (κ2) is 35.7. The van der Waals surface area contributed by atoms with Crippen molar-refractivity contribution in [1.82, 2.24) is 0 Å². The first-order valence-electron chi connectivity index (χ1n) is 20.3. The summed E-state index contributed by atoms with van der Waals surface area (Å²) in [7, 11) is 0. The lowest BCUT2D eigenvalue weighted by atomic mass is 9.88. The van der Waals surface area contributed by atoms with Crippen molar-refractivity contribution in [2.45, 2.75) is 207 Å². The van der Waals surface area contributed by atoms with Gasteiger partial charge >= 0.3 is 11.9 Å². The molecule has 0 radical (unpaired) electrons. The molecule has 0 heterocycles. The smallest absolute Gasteiger partial charge is 0.305 e. The molecule has 5 nitrogen and oxygen atoms in total. The molecule has 0 saturated carbocycles. The van der Waals surface area contributed by atoms with Crippen molar-refractivity contribution in [3.8, 4) is 0 Å². The number of ether oxygens (including phenoxy) is 2. The molecule has 0 fully saturated rings. The van der Waals surface area contributed by atoms with E-state index in [1.165, 1.54) is 116 Å². The highest BCUT2D eigenvalue weighted by Gasteiger charge is 2.31. The van der Waals surface area contributed by atoms with E-state index >= 15 is 0 Å². The number of carbonyl (C=O) groups excluding carboxylic acids is 2. The monoisotopic (exact) mass is 663 g/mol. The maximum atomic E-state index is 12.3. The Morgan fingerprint density at radius 3 is 1.06 bits per heavy atom. The largest absolute Gasteiger partial charge is 0.465 e. The maximum absolute atomic E-state index is 12.3. The molecule has 0 atom stereocenters. The summed E-state index contributed by atoms with van der Waals surface area (Å²) in [5.41, 5.74) is -0.726. The molecule has 0 aliphatic rings. The Hall–Kier alpha value is -1.62. The van der Waals surface area contributed by atoms with Crippen molar-refractivity contribution < 1.29 is 24.2 Å². The molecule has 0 spiro atoms. The lowest BCUT2D eigenvalue weighted by molar-refractivity contribution is -0.156. The van der Waals surface area contributed by atoms with Crippen molar-refractivity contribution >= 4 is 11.9 Å². The van der Waals surface area contributed by atoms with Crippen molar-refractivity contribution in [1.29, 1.82) is 0 Å². The third-order valence-corrected chi connectivity index (χ3v) is 9.45. The highest BCUT2D eigenvalue weighted by atomic mass is 16.5. The molecular formula is C42H78O5. The number of rotatable bonds is 36. The summed E-state index contributed by atoms with van der Waals surface area (Å²) in [4.78, 5) is 24.7. The van der Waals surface area contributed by atoms with Gasteiger partial charge in [-0.2, -0.15) is 0 Å². The first kappa shape index (κ1) is 45.4. The van der Waals surface area contributed by atoms with Gasteiger partial charge in [0.05, 0.1) is 12.0 Å². The molecular weight excluding hydrogens is 584 g/mol. The Morgan fingerprint density at radius 1 is 0.468 bits per heavy atom. The number of hydrogen-bond acceptors (Lipinski definition) is 5. The third-order valence-electron chi connectivity index (χ3n) is 9.45.